The highest BCUT2D eigenvalue weighted by Gasteiger charge is 2.16. The van der Waals surface area contributed by atoms with Gasteiger partial charge in [-0.25, -0.2) is 0 Å². The summed E-state index contributed by atoms with van der Waals surface area (Å²) in [6.07, 6.45) is 2.50. The van der Waals surface area contributed by atoms with Crippen LogP contribution in [0.2, 0.25) is 0 Å². The molecule has 0 aliphatic rings. The molecule has 0 amide bonds. The molecule has 5 heteroatoms. The van der Waals surface area contributed by atoms with Crippen molar-refractivity contribution < 1.29 is 14.4 Å². The van der Waals surface area contributed by atoms with Crippen molar-refractivity contribution in [2.75, 3.05) is 7.11 Å². The summed E-state index contributed by atoms with van der Waals surface area (Å²) in [5.41, 5.74) is 0.937. The lowest BCUT2D eigenvalue weighted by molar-refractivity contribution is -0.385. The second-order valence-corrected chi connectivity index (χ2v) is 4.30. The van der Waals surface area contributed by atoms with Crippen LogP contribution < -0.4 is 9.47 Å². The Morgan fingerprint density at radius 3 is 2.62 bits per heavy atom. The third-order valence-corrected chi connectivity index (χ3v) is 2.89. The zero-order valence-electron chi connectivity index (χ0n) is 11.6. The minimum atomic E-state index is -0.478. The highest BCUT2D eigenvalue weighted by atomic mass is 16.6. The summed E-state index contributed by atoms with van der Waals surface area (Å²) in [6.45, 7) is 3.69. The van der Waals surface area contributed by atoms with Crippen LogP contribution in [0.4, 0.5) is 5.69 Å². The van der Waals surface area contributed by atoms with Gasteiger partial charge < -0.3 is 9.47 Å². The molecule has 0 bridgehead atoms. The fourth-order valence-electron chi connectivity index (χ4n) is 1.90. The lowest BCUT2D eigenvalue weighted by Gasteiger charge is -2.11. The maximum Gasteiger partial charge on any atom is 0.311 e. The first kappa shape index (κ1) is 14.6. The van der Waals surface area contributed by atoms with Gasteiger partial charge in [0.1, 0.15) is 0 Å². The van der Waals surface area contributed by atoms with Crippen molar-refractivity contribution in [1.82, 2.24) is 0 Å². The molecular weight excluding hydrogens is 270 g/mol. The van der Waals surface area contributed by atoms with E-state index in [0.717, 1.165) is 5.56 Å². The van der Waals surface area contributed by atoms with Gasteiger partial charge in [-0.3, -0.25) is 10.1 Å². The molecule has 0 aliphatic carbocycles. The Morgan fingerprint density at radius 2 is 1.95 bits per heavy atom. The standard InChI is InChI=1S/C16H15NO4/c1-3-6-12-9-10-15(16(11-12)20-2)21-14-8-5-4-7-13(14)17(18)19/h3-5,7-11H,1,6H2,2H3. The van der Waals surface area contributed by atoms with Crippen LogP contribution in [0.5, 0.6) is 17.2 Å². The second-order valence-electron chi connectivity index (χ2n) is 4.30. The van der Waals surface area contributed by atoms with E-state index in [1.54, 1.807) is 30.3 Å². The predicted octanol–water partition coefficient (Wildman–Crippen LogP) is 4.12. The lowest BCUT2D eigenvalue weighted by Crippen LogP contribution is -1.95. The molecule has 0 radical (unpaired) electrons. The Hall–Kier alpha value is -2.82. The highest BCUT2D eigenvalue weighted by Crippen LogP contribution is 2.36. The van der Waals surface area contributed by atoms with Crippen molar-refractivity contribution in [2.45, 2.75) is 6.42 Å². The van der Waals surface area contributed by atoms with E-state index in [1.807, 2.05) is 12.1 Å². The third-order valence-electron chi connectivity index (χ3n) is 2.89. The van der Waals surface area contributed by atoms with Crippen LogP contribution in [0.1, 0.15) is 5.56 Å². The van der Waals surface area contributed by atoms with Gasteiger partial charge in [-0.2, -0.15) is 0 Å². The monoisotopic (exact) mass is 285 g/mol. The molecule has 108 valence electrons. The molecule has 2 rings (SSSR count). The number of ether oxygens (including phenoxy) is 2. The predicted molar refractivity (Wildman–Crippen MR) is 80.1 cm³/mol. The third kappa shape index (κ3) is 3.39. The molecule has 0 N–H and O–H groups in total. The first-order chi connectivity index (χ1) is 10.2. The van der Waals surface area contributed by atoms with Crippen molar-refractivity contribution in [3.63, 3.8) is 0 Å². The first-order valence-corrected chi connectivity index (χ1v) is 6.34. The molecule has 0 spiro atoms. The van der Waals surface area contributed by atoms with E-state index in [4.69, 9.17) is 9.47 Å². The van der Waals surface area contributed by atoms with Gasteiger partial charge in [0.25, 0.3) is 0 Å². The molecule has 0 unspecified atom stereocenters. The molecule has 2 aromatic carbocycles. The van der Waals surface area contributed by atoms with Gasteiger partial charge in [0, 0.05) is 6.07 Å². The number of rotatable bonds is 6. The molecule has 0 saturated carbocycles. The molecule has 0 aromatic heterocycles. The van der Waals surface area contributed by atoms with E-state index in [1.165, 1.54) is 13.2 Å². The Labute approximate surface area is 122 Å². The molecular formula is C16H15NO4. The van der Waals surface area contributed by atoms with E-state index in [9.17, 15) is 10.1 Å². The summed E-state index contributed by atoms with van der Waals surface area (Å²) in [6, 6.07) is 11.6. The number of allylic oxidation sites excluding steroid dienone is 1. The van der Waals surface area contributed by atoms with Crippen molar-refractivity contribution in [3.05, 3.63) is 70.8 Å². The van der Waals surface area contributed by atoms with Crippen molar-refractivity contribution in [2.24, 2.45) is 0 Å². The van der Waals surface area contributed by atoms with Gasteiger partial charge >= 0.3 is 5.69 Å². The van der Waals surface area contributed by atoms with Crippen LogP contribution in [-0.2, 0) is 6.42 Å². The molecule has 21 heavy (non-hydrogen) atoms. The fraction of sp³-hybridized carbons (Fsp3) is 0.125. The van der Waals surface area contributed by atoms with E-state index in [0.29, 0.717) is 17.9 Å². The van der Waals surface area contributed by atoms with Gasteiger partial charge in [-0.05, 0) is 30.2 Å². The van der Waals surface area contributed by atoms with Crippen molar-refractivity contribution in [3.8, 4) is 17.2 Å². The molecule has 0 saturated heterocycles. The Balaban J connectivity index is 2.35. The first-order valence-electron chi connectivity index (χ1n) is 6.34. The number of para-hydroxylation sites is 2. The molecule has 5 nitrogen and oxygen atoms in total. The molecule has 2 aromatic rings. The summed E-state index contributed by atoms with van der Waals surface area (Å²) in [4.78, 5) is 10.5. The van der Waals surface area contributed by atoms with E-state index >= 15 is 0 Å². The largest absolute Gasteiger partial charge is 0.493 e. The minimum absolute atomic E-state index is 0.0882. The Morgan fingerprint density at radius 1 is 1.19 bits per heavy atom. The van der Waals surface area contributed by atoms with Crippen LogP contribution in [0.15, 0.2) is 55.1 Å². The maximum absolute atomic E-state index is 11.0. The van der Waals surface area contributed by atoms with Crippen LogP contribution in [0.25, 0.3) is 0 Å². The van der Waals surface area contributed by atoms with E-state index in [2.05, 4.69) is 6.58 Å². The quantitative estimate of drug-likeness (QED) is 0.455. The van der Waals surface area contributed by atoms with Crippen molar-refractivity contribution in [1.29, 1.82) is 0 Å². The Bertz CT molecular complexity index is 667. The van der Waals surface area contributed by atoms with Crippen LogP contribution >= 0.6 is 0 Å². The minimum Gasteiger partial charge on any atom is -0.493 e. The van der Waals surface area contributed by atoms with Gasteiger partial charge in [0.05, 0.1) is 12.0 Å². The smallest absolute Gasteiger partial charge is 0.311 e. The highest BCUT2D eigenvalue weighted by molar-refractivity contribution is 5.51. The van der Waals surface area contributed by atoms with E-state index in [-0.39, 0.29) is 11.4 Å². The number of hydrogen-bond donors (Lipinski definition) is 0. The fourth-order valence-corrected chi connectivity index (χ4v) is 1.90. The van der Waals surface area contributed by atoms with Crippen molar-refractivity contribution >= 4 is 5.69 Å². The molecule has 0 heterocycles. The van der Waals surface area contributed by atoms with Gasteiger partial charge in [0.15, 0.2) is 11.5 Å². The van der Waals surface area contributed by atoms with Gasteiger partial charge in [-0.1, -0.05) is 24.3 Å². The second kappa shape index (κ2) is 6.56. The Kier molecular flexibility index (Phi) is 4.56. The zero-order valence-corrected chi connectivity index (χ0v) is 11.6. The number of benzene rings is 2. The average Bonchev–Trinajstić information content (AvgIpc) is 2.49. The van der Waals surface area contributed by atoms with Crippen LogP contribution in [-0.4, -0.2) is 12.0 Å². The number of hydrogen-bond acceptors (Lipinski definition) is 4. The molecule has 0 atom stereocenters. The topological polar surface area (TPSA) is 61.6 Å². The summed E-state index contributed by atoms with van der Waals surface area (Å²) >= 11 is 0. The summed E-state index contributed by atoms with van der Waals surface area (Å²) < 4.78 is 10.9. The maximum atomic E-state index is 11.0. The normalized spacial score (nSPS) is 9.95. The zero-order chi connectivity index (χ0) is 15.2. The lowest BCUT2D eigenvalue weighted by atomic mass is 10.1. The molecule has 0 aliphatic heterocycles. The SMILES string of the molecule is C=CCc1ccc(Oc2ccccc2[N+](=O)[O-])c(OC)c1. The van der Waals surface area contributed by atoms with Crippen LogP contribution in [0.3, 0.4) is 0 Å². The number of methoxy groups -OCH3 is 1. The van der Waals surface area contributed by atoms with E-state index < -0.39 is 4.92 Å². The number of nitro groups is 1. The van der Waals surface area contributed by atoms with Gasteiger partial charge in [0.2, 0.25) is 5.75 Å². The van der Waals surface area contributed by atoms with Gasteiger partial charge in [-0.15, -0.1) is 6.58 Å². The number of nitro benzene ring substituents is 1. The van der Waals surface area contributed by atoms with Crippen LogP contribution in [0, 0.1) is 10.1 Å². The summed E-state index contributed by atoms with van der Waals surface area (Å²) in [7, 11) is 1.53. The average molecular weight is 285 g/mol. The molecule has 0 fully saturated rings. The summed E-state index contributed by atoms with van der Waals surface area (Å²) in [5, 5.41) is 11.0. The number of nitrogens with zero attached hydrogens (tertiary/aromatic N) is 1. The summed E-state index contributed by atoms with van der Waals surface area (Å²) in [5.74, 6) is 1.13.